The van der Waals surface area contributed by atoms with Crippen molar-refractivity contribution in [1.29, 1.82) is 0 Å². The van der Waals surface area contributed by atoms with Crippen LogP contribution >= 0.6 is 11.8 Å². The number of pyridine rings is 1. The molecule has 0 aliphatic rings. The van der Waals surface area contributed by atoms with E-state index in [1.54, 1.807) is 0 Å². The molecule has 0 atom stereocenters. The van der Waals surface area contributed by atoms with Gasteiger partial charge in [0.1, 0.15) is 11.3 Å². The van der Waals surface area contributed by atoms with Gasteiger partial charge < -0.3 is 9.52 Å². The predicted octanol–water partition coefficient (Wildman–Crippen LogP) is 2.31. The Morgan fingerprint density at radius 1 is 1.37 bits per heavy atom. The van der Waals surface area contributed by atoms with Crippen LogP contribution in [0.2, 0.25) is 0 Å². The summed E-state index contributed by atoms with van der Waals surface area (Å²) in [7, 11) is 0. The number of hydrogen-bond acceptors (Lipinski definition) is 5. The number of rotatable bonds is 4. The Bertz CT molecular complexity index is 734. The van der Waals surface area contributed by atoms with Gasteiger partial charge in [-0.25, -0.2) is 4.79 Å². The van der Waals surface area contributed by atoms with Crippen LogP contribution in [-0.4, -0.2) is 25.7 Å². The second kappa shape index (κ2) is 4.77. The van der Waals surface area contributed by atoms with Gasteiger partial charge in [-0.15, -0.1) is 10.2 Å². The van der Waals surface area contributed by atoms with Gasteiger partial charge in [-0.2, -0.15) is 0 Å². The minimum absolute atomic E-state index is 0.182. The molecule has 0 spiro atoms. The van der Waals surface area contributed by atoms with Crippen molar-refractivity contribution >= 4 is 23.4 Å². The molecule has 96 valence electrons. The van der Waals surface area contributed by atoms with Crippen LogP contribution in [0.15, 0.2) is 46.3 Å². The second-order valence-electron chi connectivity index (χ2n) is 3.76. The maximum Gasteiger partial charge on any atom is 0.339 e. The zero-order valence-corrected chi connectivity index (χ0v) is 10.5. The van der Waals surface area contributed by atoms with Crippen molar-refractivity contribution in [3.05, 3.63) is 48.0 Å². The summed E-state index contributed by atoms with van der Waals surface area (Å²) in [5.41, 5.74) is 0.934. The third-order valence-electron chi connectivity index (χ3n) is 2.59. The van der Waals surface area contributed by atoms with Gasteiger partial charge in [-0.1, -0.05) is 17.8 Å². The topological polar surface area (TPSA) is 80.6 Å². The SMILES string of the molecule is O=C(O)c1ccoc1CSc1nnc2ccccn12. The molecule has 3 heterocycles. The van der Waals surface area contributed by atoms with Crippen molar-refractivity contribution in [1.82, 2.24) is 14.6 Å². The smallest absolute Gasteiger partial charge is 0.339 e. The van der Waals surface area contributed by atoms with Crippen LogP contribution in [0.5, 0.6) is 0 Å². The largest absolute Gasteiger partial charge is 0.478 e. The van der Waals surface area contributed by atoms with Crippen LogP contribution in [0, 0.1) is 0 Å². The molecular formula is C12H9N3O3S. The Hall–Kier alpha value is -2.28. The van der Waals surface area contributed by atoms with Crippen LogP contribution < -0.4 is 0 Å². The number of fused-ring (bicyclic) bond motifs is 1. The predicted molar refractivity (Wildman–Crippen MR) is 68.2 cm³/mol. The first kappa shape index (κ1) is 11.8. The van der Waals surface area contributed by atoms with Gasteiger partial charge in [-0.05, 0) is 18.2 Å². The van der Waals surface area contributed by atoms with Gasteiger partial charge in [0.25, 0.3) is 0 Å². The Morgan fingerprint density at radius 3 is 3.11 bits per heavy atom. The van der Waals surface area contributed by atoms with Crippen LogP contribution in [0.3, 0.4) is 0 Å². The fraction of sp³-hybridized carbons (Fsp3) is 0.0833. The van der Waals surface area contributed by atoms with Crippen molar-refractivity contribution in [2.45, 2.75) is 10.9 Å². The molecule has 6 nitrogen and oxygen atoms in total. The molecule has 0 aliphatic heterocycles. The van der Waals surface area contributed by atoms with Crippen molar-refractivity contribution in [3.8, 4) is 0 Å². The Labute approximate surface area is 112 Å². The minimum Gasteiger partial charge on any atom is -0.478 e. The highest BCUT2D eigenvalue weighted by atomic mass is 32.2. The molecule has 0 aromatic carbocycles. The Balaban J connectivity index is 1.83. The molecule has 3 aromatic heterocycles. The highest BCUT2D eigenvalue weighted by molar-refractivity contribution is 7.98. The summed E-state index contributed by atoms with van der Waals surface area (Å²) in [6.07, 6.45) is 3.24. The molecule has 0 fully saturated rings. The molecule has 0 radical (unpaired) electrons. The van der Waals surface area contributed by atoms with Crippen LogP contribution in [0.25, 0.3) is 5.65 Å². The van der Waals surface area contributed by atoms with E-state index < -0.39 is 5.97 Å². The zero-order chi connectivity index (χ0) is 13.2. The molecule has 0 bridgehead atoms. The van der Waals surface area contributed by atoms with E-state index in [1.165, 1.54) is 24.1 Å². The number of carboxylic acid groups (broad SMARTS) is 1. The summed E-state index contributed by atoms with van der Waals surface area (Å²) < 4.78 is 7.02. The molecule has 7 heteroatoms. The van der Waals surface area contributed by atoms with Crippen molar-refractivity contribution in [3.63, 3.8) is 0 Å². The van der Waals surface area contributed by atoms with Crippen LogP contribution in [-0.2, 0) is 5.75 Å². The molecule has 0 aliphatic carbocycles. The number of furan rings is 1. The maximum absolute atomic E-state index is 11.0. The molecular weight excluding hydrogens is 266 g/mol. The van der Waals surface area contributed by atoms with E-state index in [0.717, 1.165) is 5.65 Å². The monoisotopic (exact) mass is 275 g/mol. The average Bonchev–Trinajstić information content (AvgIpc) is 3.03. The Kier molecular flexibility index (Phi) is 2.96. The Morgan fingerprint density at radius 2 is 2.26 bits per heavy atom. The quantitative estimate of drug-likeness (QED) is 0.736. The number of thioether (sulfide) groups is 1. The second-order valence-corrected chi connectivity index (χ2v) is 4.71. The molecule has 3 aromatic rings. The van der Waals surface area contributed by atoms with Crippen LogP contribution in [0.4, 0.5) is 0 Å². The van der Waals surface area contributed by atoms with Gasteiger partial charge in [-0.3, -0.25) is 4.40 Å². The van der Waals surface area contributed by atoms with E-state index in [9.17, 15) is 4.79 Å². The first-order chi connectivity index (χ1) is 9.25. The lowest BCUT2D eigenvalue weighted by Crippen LogP contribution is -1.98. The van der Waals surface area contributed by atoms with Crippen molar-refractivity contribution in [2.75, 3.05) is 0 Å². The van der Waals surface area contributed by atoms with Gasteiger partial charge in [0.2, 0.25) is 0 Å². The number of hydrogen-bond donors (Lipinski definition) is 1. The van der Waals surface area contributed by atoms with Crippen molar-refractivity contribution < 1.29 is 14.3 Å². The average molecular weight is 275 g/mol. The fourth-order valence-electron chi connectivity index (χ4n) is 1.69. The molecule has 0 unspecified atom stereocenters. The first-order valence-electron chi connectivity index (χ1n) is 5.48. The molecule has 0 saturated heterocycles. The highest BCUT2D eigenvalue weighted by Crippen LogP contribution is 2.24. The summed E-state index contributed by atoms with van der Waals surface area (Å²) in [6, 6.07) is 7.07. The minimum atomic E-state index is -0.990. The summed E-state index contributed by atoms with van der Waals surface area (Å²) in [6.45, 7) is 0. The molecule has 1 N–H and O–H groups in total. The van der Waals surface area contributed by atoms with Gasteiger partial charge in [0.05, 0.1) is 12.0 Å². The number of carboxylic acids is 1. The zero-order valence-electron chi connectivity index (χ0n) is 9.68. The highest BCUT2D eigenvalue weighted by Gasteiger charge is 2.14. The molecule has 0 amide bonds. The van der Waals surface area contributed by atoms with Crippen LogP contribution in [0.1, 0.15) is 16.1 Å². The lowest BCUT2D eigenvalue weighted by Gasteiger charge is -1.99. The summed E-state index contributed by atoms with van der Waals surface area (Å²) in [4.78, 5) is 11.0. The van der Waals surface area contributed by atoms with E-state index in [-0.39, 0.29) is 5.56 Å². The number of carbonyl (C=O) groups is 1. The normalized spacial score (nSPS) is 10.9. The lowest BCUT2D eigenvalue weighted by molar-refractivity contribution is 0.0695. The first-order valence-corrected chi connectivity index (χ1v) is 6.46. The van der Waals surface area contributed by atoms with Gasteiger partial charge in [0, 0.05) is 6.20 Å². The van der Waals surface area contributed by atoms with E-state index in [1.807, 2.05) is 28.8 Å². The number of nitrogens with zero attached hydrogens (tertiary/aromatic N) is 3. The van der Waals surface area contributed by atoms with Gasteiger partial charge in [0.15, 0.2) is 10.8 Å². The lowest BCUT2D eigenvalue weighted by atomic mass is 10.3. The van der Waals surface area contributed by atoms with E-state index in [0.29, 0.717) is 16.7 Å². The van der Waals surface area contributed by atoms with E-state index in [2.05, 4.69) is 10.2 Å². The standard InChI is InChI=1S/C12H9N3O3S/c16-11(17)8-4-6-18-9(8)7-19-12-14-13-10-3-1-2-5-15(10)12/h1-6H,7H2,(H,16,17). The van der Waals surface area contributed by atoms with Gasteiger partial charge >= 0.3 is 5.97 Å². The maximum atomic E-state index is 11.0. The van der Waals surface area contributed by atoms with E-state index >= 15 is 0 Å². The summed E-state index contributed by atoms with van der Waals surface area (Å²) >= 11 is 1.38. The number of aromatic nitrogens is 3. The molecule has 19 heavy (non-hydrogen) atoms. The third kappa shape index (κ3) is 2.19. The molecule has 3 rings (SSSR count). The number of aromatic carboxylic acids is 1. The third-order valence-corrected chi connectivity index (χ3v) is 3.53. The van der Waals surface area contributed by atoms with E-state index in [4.69, 9.17) is 9.52 Å². The van der Waals surface area contributed by atoms with Crippen molar-refractivity contribution in [2.24, 2.45) is 0 Å². The summed E-state index contributed by atoms with van der Waals surface area (Å²) in [5.74, 6) is -0.176. The molecule has 0 saturated carbocycles. The fourth-order valence-corrected chi connectivity index (χ4v) is 2.57. The summed E-state index contributed by atoms with van der Waals surface area (Å²) in [5, 5.41) is 17.8.